The number of fused-ring (bicyclic) bond motifs is 1. The molecule has 1 N–H and O–H groups in total. The lowest BCUT2D eigenvalue weighted by Crippen LogP contribution is -1.99. The Morgan fingerprint density at radius 1 is 1.20 bits per heavy atom. The summed E-state index contributed by atoms with van der Waals surface area (Å²) in [7, 11) is 0. The number of halogens is 1. The minimum absolute atomic E-state index is 0.0529. The third kappa shape index (κ3) is 2.05. The maximum atomic E-state index is 12.8. The maximum absolute atomic E-state index is 12.8. The first-order chi connectivity index (χ1) is 9.54. The van der Waals surface area contributed by atoms with Gasteiger partial charge < -0.3 is 9.84 Å². The van der Waals surface area contributed by atoms with Gasteiger partial charge in [0.05, 0.1) is 5.56 Å². The van der Waals surface area contributed by atoms with Gasteiger partial charge in [0.1, 0.15) is 17.3 Å². The van der Waals surface area contributed by atoms with Crippen LogP contribution < -0.4 is 4.74 Å². The van der Waals surface area contributed by atoms with Crippen LogP contribution in [0.25, 0.3) is 6.08 Å². The van der Waals surface area contributed by atoms with E-state index in [0.29, 0.717) is 22.4 Å². The van der Waals surface area contributed by atoms with Crippen LogP contribution in [0.5, 0.6) is 11.5 Å². The Labute approximate surface area is 114 Å². The van der Waals surface area contributed by atoms with Gasteiger partial charge in [0.2, 0.25) is 5.78 Å². The summed E-state index contributed by atoms with van der Waals surface area (Å²) in [6.07, 6.45) is 1.55. The highest BCUT2D eigenvalue weighted by Crippen LogP contribution is 2.37. The molecular formula is C16H11FO3. The Morgan fingerprint density at radius 3 is 2.60 bits per heavy atom. The highest BCUT2D eigenvalue weighted by molar-refractivity contribution is 6.15. The summed E-state index contributed by atoms with van der Waals surface area (Å²) >= 11 is 0. The van der Waals surface area contributed by atoms with Gasteiger partial charge in [-0.05, 0) is 42.3 Å². The number of phenolic OH excluding ortho intramolecular Hbond substituents is 1. The summed E-state index contributed by atoms with van der Waals surface area (Å²) in [5.74, 6) is -0.00468. The molecule has 0 radical (unpaired) electrons. The van der Waals surface area contributed by atoms with Crippen molar-refractivity contribution in [1.29, 1.82) is 0 Å². The molecule has 4 heteroatoms. The van der Waals surface area contributed by atoms with E-state index < -0.39 is 0 Å². The molecule has 20 heavy (non-hydrogen) atoms. The van der Waals surface area contributed by atoms with Crippen LogP contribution in [0.1, 0.15) is 21.5 Å². The molecule has 0 aromatic heterocycles. The van der Waals surface area contributed by atoms with Crippen LogP contribution in [0.4, 0.5) is 4.39 Å². The van der Waals surface area contributed by atoms with Gasteiger partial charge in [0.25, 0.3) is 0 Å². The van der Waals surface area contributed by atoms with Gasteiger partial charge in [-0.3, -0.25) is 4.79 Å². The molecule has 1 heterocycles. The van der Waals surface area contributed by atoms with E-state index in [1.807, 2.05) is 0 Å². The first kappa shape index (κ1) is 12.4. The number of rotatable bonds is 1. The number of Topliss-reactive ketones (excluding diaryl/α,β-unsaturated/α-hetero) is 1. The van der Waals surface area contributed by atoms with Gasteiger partial charge >= 0.3 is 0 Å². The van der Waals surface area contributed by atoms with E-state index >= 15 is 0 Å². The van der Waals surface area contributed by atoms with Gasteiger partial charge in [0, 0.05) is 6.07 Å². The summed E-state index contributed by atoms with van der Waals surface area (Å²) < 4.78 is 18.3. The van der Waals surface area contributed by atoms with Crippen molar-refractivity contribution in [2.45, 2.75) is 6.92 Å². The number of phenols is 1. The number of hydrogen-bond donors (Lipinski definition) is 1. The Bertz CT molecular complexity index is 730. The number of aryl methyl sites for hydroxylation is 1. The molecule has 2 aromatic rings. The number of hydrogen-bond acceptors (Lipinski definition) is 3. The van der Waals surface area contributed by atoms with Crippen LogP contribution in [-0.2, 0) is 0 Å². The number of ether oxygens (including phenoxy) is 1. The predicted octanol–water partition coefficient (Wildman–Crippen LogP) is 3.46. The lowest BCUT2D eigenvalue weighted by molar-refractivity contribution is 0.101. The summed E-state index contributed by atoms with van der Waals surface area (Å²) in [4.78, 5) is 12.3. The van der Waals surface area contributed by atoms with E-state index in [4.69, 9.17) is 4.74 Å². The highest BCUT2D eigenvalue weighted by Gasteiger charge is 2.29. The van der Waals surface area contributed by atoms with Crippen molar-refractivity contribution in [3.63, 3.8) is 0 Å². The van der Waals surface area contributed by atoms with Crippen molar-refractivity contribution in [3.05, 3.63) is 64.7 Å². The molecule has 3 rings (SSSR count). The Hall–Kier alpha value is -2.62. The van der Waals surface area contributed by atoms with Crippen LogP contribution in [0.2, 0.25) is 0 Å². The zero-order chi connectivity index (χ0) is 14.3. The Morgan fingerprint density at radius 2 is 1.90 bits per heavy atom. The van der Waals surface area contributed by atoms with Crippen molar-refractivity contribution in [3.8, 4) is 11.5 Å². The zero-order valence-corrected chi connectivity index (χ0v) is 10.7. The molecule has 0 fully saturated rings. The van der Waals surface area contributed by atoms with Gasteiger partial charge in [-0.1, -0.05) is 12.1 Å². The summed E-state index contributed by atoms with van der Waals surface area (Å²) in [6, 6.07) is 8.68. The molecule has 0 saturated carbocycles. The van der Waals surface area contributed by atoms with Crippen molar-refractivity contribution in [1.82, 2.24) is 0 Å². The molecule has 0 saturated heterocycles. The molecule has 0 spiro atoms. The van der Waals surface area contributed by atoms with Gasteiger partial charge in [-0.2, -0.15) is 0 Å². The molecule has 0 atom stereocenters. The number of carbonyl (C=O) groups excluding carboxylic acids is 1. The average molecular weight is 270 g/mol. The fourth-order valence-electron chi connectivity index (χ4n) is 2.20. The van der Waals surface area contributed by atoms with Crippen molar-refractivity contribution in [2.24, 2.45) is 0 Å². The van der Waals surface area contributed by atoms with E-state index in [2.05, 4.69) is 0 Å². The molecule has 2 aromatic carbocycles. The summed E-state index contributed by atoms with van der Waals surface area (Å²) in [6.45, 7) is 1.74. The first-order valence-corrected chi connectivity index (χ1v) is 6.08. The number of benzene rings is 2. The summed E-state index contributed by atoms with van der Waals surface area (Å²) in [5.41, 5.74) is 1.79. The van der Waals surface area contributed by atoms with Crippen molar-refractivity contribution >= 4 is 11.9 Å². The lowest BCUT2D eigenvalue weighted by Gasteiger charge is -2.00. The molecule has 0 unspecified atom stereocenters. The lowest BCUT2D eigenvalue weighted by atomic mass is 10.0. The Balaban J connectivity index is 2.01. The zero-order valence-electron chi connectivity index (χ0n) is 10.7. The maximum Gasteiger partial charge on any atom is 0.232 e. The van der Waals surface area contributed by atoms with E-state index in [1.165, 1.54) is 24.3 Å². The normalized spacial score (nSPS) is 15.3. The molecule has 1 aliphatic heterocycles. The third-order valence-electron chi connectivity index (χ3n) is 3.12. The minimum Gasteiger partial charge on any atom is -0.508 e. The molecule has 0 aliphatic carbocycles. The molecular weight excluding hydrogens is 259 g/mol. The number of carbonyl (C=O) groups is 1. The predicted molar refractivity (Wildman–Crippen MR) is 72.2 cm³/mol. The van der Waals surface area contributed by atoms with E-state index in [1.54, 1.807) is 25.1 Å². The van der Waals surface area contributed by atoms with Crippen molar-refractivity contribution < 1.29 is 19.0 Å². The number of ketones is 1. The second-order valence-electron chi connectivity index (χ2n) is 4.63. The monoisotopic (exact) mass is 270 g/mol. The molecule has 0 amide bonds. The van der Waals surface area contributed by atoms with Gasteiger partial charge in [0.15, 0.2) is 5.76 Å². The minimum atomic E-state index is -0.338. The quantitative estimate of drug-likeness (QED) is 0.807. The Kier molecular flexibility index (Phi) is 2.79. The largest absolute Gasteiger partial charge is 0.508 e. The number of aromatic hydroxyl groups is 1. The van der Waals surface area contributed by atoms with Crippen LogP contribution in [-0.4, -0.2) is 10.9 Å². The van der Waals surface area contributed by atoms with E-state index in [9.17, 15) is 14.3 Å². The smallest absolute Gasteiger partial charge is 0.232 e. The average Bonchev–Trinajstić information content (AvgIpc) is 2.69. The third-order valence-corrected chi connectivity index (χ3v) is 3.12. The molecule has 3 nitrogen and oxygen atoms in total. The van der Waals surface area contributed by atoms with E-state index in [-0.39, 0.29) is 23.1 Å². The van der Waals surface area contributed by atoms with Crippen LogP contribution in [0.15, 0.2) is 42.2 Å². The molecule has 0 bridgehead atoms. The number of allylic oxidation sites excluding steroid dienone is 1. The second-order valence-corrected chi connectivity index (χ2v) is 4.63. The SMILES string of the molecule is Cc1cc(O)cc2c1C(=O)C(=Cc1ccc(F)cc1)O2. The summed E-state index contributed by atoms with van der Waals surface area (Å²) in [5, 5.41) is 9.52. The fraction of sp³-hybridized carbons (Fsp3) is 0.0625. The fourth-order valence-corrected chi connectivity index (χ4v) is 2.20. The highest BCUT2D eigenvalue weighted by atomic mass is 19.1. The van der Waals surface area contributed by atoms with E-state index in [0.717, 1.165) is 0 Å². The molecule has 100 valence electrons. The van der Waals surface area contributed by atoms with Crippen LogP contribution in [0, 0.1) is 12.7 Å². The second kappa shape index (κ2) is 4.49. The van der Waals surface area contributed by atoms with Crippen LogP contribution in [0.3, 0.4) is 0 Å². The van der Waals surface area contributed by atoms with Gasteiger partial charge in [-0.15, -0.1) is 0 Å². The first-order valence-electron chi connectivity index (χ1n) is 6.08. The van der Waals surface area contributed by atoms with Crippen LogP contribution >= 0.6 is 0 Å². The van der Waals surface area contributed by atoms with Crippen molar-refractivity contribution in [2.75, 3.05) is 0 Å². The van der Waals surface area contributed by atoms with Gasteiger partial charge in [-0.25, -0.2) is 4.39 Å². The molecule has 1 aliphatic rings. The topological polar surface area (TPSA) is 46.5 Å². The standard InChI is InChI=1S/C16H11FO3/c1-9-6-12(18)8-13-15(9)16(19)14(20-13)7-10-2-4-11(17)5-3-10/h2-8,18H,1H3.